The molecule has 0 aromatic carbocycles. The van der Waals surface area contributed by atoms with Crippen molar-refractivity contribution in [3.05, 3.63) is 22.2 Å². The number of ether oxygens (including phenoxy) is 2. The van der Waals surface area contributed by atoms with Gasteiger partial charge in [0.2, 0.25) is 0 Å². The SMILES string of the molecule is COc1cc2nc(C)[nH]c(=O)c2nc1OC. The fraction of sp³-hybridized carbons (Fsp3) is 0.300. The molecule has 0 radical (unpaired) electrons. The van der Waals surface area contributed by atoms with E-state index in [1.165, 1.54) is 14.2 Å². The second-order valence-corrected chi connectivity index (χ2v) is 3.22. The van der Waals surface area contributed by atoms with Crippen LogP contribution >= 0.6 is 0 Å². The van der Waals surface area contributed by atoms with Gasteiger partial charge in [0, 0.05) is 6.07 Å². The van der Waals surface area contributed by atoms with Gasteiger partial charge in [0.25, 0.3) is 11.4 Å². The predicted molar refractivity (Wildman–Crippen MR) is 58.0 cm³/mol. The molecule has 2 aromatic rings. The monoisotopic (exact) mass is 221 g/mol. The first-order valence-electron chi connectivity index (χ1n) is 4.65. The quantitative estimate of drug-likeness (QED) is 0.805. The van der Waals surface area contributed by atoms with Crippen molar-refractivity contribution in [2.75, 3.05) is 14.2 Å². The minimum absolute atomic E-state index is 0.239. The van der Waals surface area contributed by atoms with Crippen LogP contribution in [-0.2, 0) is 0 Å². The summed E-state index contributed by atoms with van der Waals surface area (Å²) in [6, 6.07) is 1.63. The van der Waals surface area contributed by atoms with Gasteiger partial charge in [0.15, 0.2) is 11.3 Å². The summed E-state index contributed by atoms with van der Waals surface area (Å²) in [6.07, 6.45) is 0. The average molecular weight is 221 g/mol. The van der Waals surface area contributed by atoms with Crippen LogP contribution in [0.25, 0.3) is 11.0 Å². The zero-order chi connectivity index (χ0) is 11.7. The lowest BCUT2D eigenvalue weighted by Crippen LogP contribution is -2.12. The smallest absolute Gasteiger partial charge is 0.277 e. The van der Waals surface area contributed by atoms with Gasteiger partial charge in [-0.15, -0.1) is 0 Å². The maximum Gasteiger partial charge on any atom is 0.277 e. The van der Waals surface area contributed by atoms with Crippen LogP contribution < -0.4 is 15.0 Å². The molecular weight excluding hydrogens is 210 g/mol. The van der Waals surface area contributed by atoms with E-state index in [-0.39, 0.29) is 17.0 Å². The Labute approximate surface area is 91.3 Å². The molecule has 0 fully saturated rings. The molecule has 2 rings (SSSR count). The second-order valence-electron chi connectivity index (χ2n) is 3.22. The Morgan fingerprint density at radius 3 is 2.62 bits per heavy atom. The van der Waals surface area contributed by atoms with E-state index in [9.17, 15) is 4.79 Å². The Kier molecular flexibility index (Phi) is 2.47. The van der Waals surface area contributed by atoms with E-state index < -0.39 is 0 Å². The zero-order valence-corrected chi connectivity index (χ0v) is 9.20. The molecule has 0 aliphatic carbocycles. The van der Waals surface area contributed by atoms with Gasteiger partial charge in [-0.3, -0.25) is 4.79 Å². The number of hydrogen-bond donors (Lipinski definition) is 1. The molecule has 0 spiro atoms. The first-order valence-corrected chi connectivity index (χ1v) is 4.65. The number of pyridine rings is 1. The molecule has 0 bridgehead atoms. The summed E-state index contributed by atoms with van der Waals surface area (Å²) in [5, 5.41) is 0. The van der Waals surface area contributed by atoms with Crippen molar-refractivity contribution in [3.63, 3.8) is 0 Å². The summed E-state index contributed by atoms with van der Waals surface area (Å²) in [5.41, 5.74) is 0.436. The topological polar surface area (TPSA) is 77.1 Å². The maximum atomic E-state index is 11.6. The standard InChI is InChI=1S/C10H11N3O3/c1-5-11-6-4-7(15-2)10(16-3)13-8(6)9(14)12-5/h4H,1-3H3,(H,11,12,14). The van der Waals surface area contributed by atoms with E-state index >= 15 is 0 Å². The highest BCUT2D eigenvalue weighted by molar-refractivity contribution is 5.76. The summed E-state index contributed by atoms with van der Waals surface area (Å²) >= 11 is 0. The maximum absolute atomic E-state index is 11.6. The molecule has 16 heavy (non-hydrogen) atoms. The molecule has 0 aliphatic rings. The number of aromatic amines is 1. The van der Waals surface area contributed by atoms with Crippen molar-refractivity contribution in [2.45, 2.75) is 6.92 Å². The van der Waals surface area contributed by atoms with Gasteiger partial charge in [0.1, 0.15) is 11.3 Å². The van der Waals surface area contributed by atoms with Crippen LogP contribution in [0, 0.1) is 6.92 Å². The fourth-order valence-corrected chi connectivity index (χ4v) is 1.45. The molecule has 0 saturated heterocycles. The average Bonchev–Trinajstić information content (AvgIpc) is 2.27. The molecule has 0 unspecified atom stereocenters. The van der Waals surface area contributed by atoms with Crippen molar-refractivity contribution in [2.24, 2.45) is 0 Å². The summed E-state index contributed by atoms with van der Waals surface area (Å²) in [7, 11) is 2.97. The van der Waals surface area contributed by atoms with Crippen molar-refractivity contribution in [1.29, 1.82) is 0 Å². The van der Waals surface area contributed by atoms with Crippen LogP contribution in [0.1, 0.15) is 5.82 Å². The van der Waals surface area contributed by atoms with E-state index in [1.54, 1.807) is 13.0 Å². The molecule has 0 atom stereocenters. The largest absolute Gasteiger partial charge is 0.491 e. The first kappa shape index (κ1) is 10.4. The van der Waals surface area contributed by atoms with Crippen molar-refractivity contribution in [1.82, 2.24) is 15.0 Å². The van der Waals surface area contributed by atoms with Crippen LogP contribution in [-0.4, -0.2) is 29.2 Å². The van der Waals surface area contributed by atoms with Crippen molar-refractivity contribution in [3.8, 4) is 11.6 Å². The van der Waals surface area contributed by atoms with E-state index in [1.807, 2.05) is 0 Å². The molecule has 2 heterocycles. The van der Waals surface area contributed by atoms with Gasteiger partial charge in [-0.25, -0.2) is 9.97 Å². The number of rotatable bonds is 2. The molecule has 2 aromatic heterocycles. The third-order valence-corrected chi connectivity index (χ3v) is 2.15. The second kappa shape index (κ2) is 3.80. The van der Waals surface area contributed by atoms with Gasteiger partial charge < -0.3 is 14.5 Å². The summed E-state index contributed by atoms with van der Waals surface area (Å²) in [6.45, 7) is 1.71. The Morgan fingerprint density at radius 2 is 2.00 bits per heavy atom. The number of fused-ring (bicyclic) bond motifs is 1. The van der Waals surface area contributed by atoms with Gasteiger partial charge in [-0.1, -0.05) is 0 Å². The minimum Gasteiger partial charge on any atom is -0.491 e. The fourth-order valence-electron chi connectivity index (χ4n) is 1.45. The minimum atomic E-state index is -0.288. The molecule has 84 valence electrons. The number of aromatic nitrogens is 3. The lowest BCUT2D eigenvalue weighted by Gasteiger charge is -2.07. The van der Waals surface area contributed by atoms with E-state index in [4.69, 9.17) is 9.47 Å². The number of nitrogens with zero attached hydrogens (tertiary/aromatic N) is 2. The molecule has 1 N–H and O–H groups in total. The third kappa shape index (κ3) is 1.58. The van der Waals surface area contributed by atoms with Gasteiger partial charge >= 0.3 is 0 Å². The van der Waals surface area contributed by atoms with Crippen LogP contribution in [0.15, 0.2) is 10.9 Å². The molecule has 6 heteroatoms. The Balaban J connectivity index is 2.83. The summed E-state index contributed by atoms with van der Waals surface area (Å²) in [4.78, 5) is 22.4. The van der Waals surface area contributed by atoms with Crippen LogP contribution in [0.5, 0.6) is 11.6 Å². The summed E-state index contributed by atoms with van der Waals surface area (Å²) in [5.74, 6) is 1.25. The normalized spacial score (nSPS) is 10.4. The number of methoxy groups -OCH3 is 2. The summed E-state index contributed by atoms with van der Waals surface area (Å²) < 4.78 is 10.1. The Bertz CT molecular complexity index is 592. The van der Waals surface area contributed by atoms with Crippen LogP contribution in [0.3, 0.4) is 0 Å². The van der Waals surface area contributed by atoms with Gasteiger partial charge in [0.05, 0.1) is 14.2 Å². The van der Waals surface area contributed by atoms with E-state index in [0.717, 1.165) is 0 Å². The molecule has 0 aliphatic heterocycles. The number of aryl methyl sites for hydroxylation is 1. The molecule has 6 nitrogen and oxygen atoms in total. The number of hydrogen-bond acceptors (Lipinski definition) is 5. The van der Waals surface area contributed by atoms with Gasteiger partial charge in [-0.2, -0.15) is 0 Å². The highest BCUT2D eigenvalue weighted by Crippen LogP contribution is 2.26. The Morgan fingerprint density at radius 1 is 1.25 bits per heavy atom. The third-order valence-electron chi connectivity index (χ3n) is 2.15. The Hall–Kier alpha value is -2.11. The molecule has 0 amide bonds. The van der Waals surface area contributed by atoms with Crippen molar-refractivity contribution >= 4 is 11.0 Å². The predicted octanol–water partition coefficient (Wildman–Crippen LogP) is 0.644. The number of nitrogens with one attached hydrogen (secondary N) is 1. The number of H-pyrrole nitrogens is 1. The van der Waals surface area contributed by atoms with Crippen molar-refractivity contribution < 1.29 is 9.47 Å². The van der Waals surface area contributed by atoms with Gasteiger partial charge in [-0.05, 0) is 6.92 Å². The lowest BCUT2D eigenvalue weighted by molar-refractivity contribution is 0.344. The molecular formula is C10H11N3O3. The lowest BCUT2D eigenvalue weighted by atomic mass is 10.3. The van der Waals surface area contributed by atoms with Crippen LogP contribution in [0.2, 0.25) is 0 Å². The highest BCUT2D eigenvalue weighted by Gasteiger charge is 2.11. The highest BCUT2D eigenvalue weighted by atomic mass is 16.5. The van der Waals surface area contributed by atoms with Crippen LogP contribution in [0.4, 0.5) is 0 Å². The van der Waals surface area contributed by atoms with E-state index in [0.29, 0.717) is 17.1 Å². The molecule has 0 saturated carbocycles. The zero-order valence-electron chi connectivity index (χ0n) is 9.20. The van der Waals surface area contributed by atoms with E-state index in [2.05, 4.69) is 15.0 Å². The first-order chi connectivity index (χ1) is 7.65.